The molecule has 1 aromatic rings. The Morgan fingerprint density at radius 3 is 2.14 bits per heavy atom. The molecule has 80 valence electrons. The van der Waals surface area contributed by atoms with Gasteiger partial charge < -0.3 is 4.52 Å². The maximum Gasteiger partial charge on any atom is 0.268 e. The lowest BCUT2D eigenvalue weighted by atomic mass is 10.1. The van der Waals surface area contributed by atoms with Gasteiger partial charge in [-0.3, -0.25) is 5.27 Å². The molecule has 0 amide bonds. The summed E-state index contributed by atoms with van der Waals surface area (Å²) in [6.07, 6.45) is 1.82. The SMILES string of the molecule is CC(C)(C)N=c1c[n+](C(C)(C)C)[n-]o1. The van der Waals surface area contributed by atoms with Crippen LogP contribution in [0.2, 0.25) is 0 Å². The van der Waals surface area contributed by atoms with Gasteiger partial charge in [0.2, 0.25) is 6.20 Å². The van der Waals surface area contributed by atoms with Gasteiger partial charge in [-0.2, -0.15) is 0 Å². The molecule has 0 fully saturated rings. The van der Waals surface area contributed by atoms with Crippen LogP contribution < -0.4 is 15.5 Å². The van der Waals surface area contributed by atoms with Crippen LogP contribution in [0.4, 0.5) is 0 Å². The summed E-state index contributed by atoms with van der Waals surface area (Å²) in [5, 5.41) is 3.92. The van der Waals surface area contributed by atoms with Crippen LogP contribution in [0, 0.1) is 0 Å². The van der Waals surface area contributed by atoms with E-state index in [1.54, 1.807) is 4.68 Å². The van der Waals surface area contributed by atoms with E-state index in [9.17, 15) is 0 Å². The molecule has 0 N–H and O–H groups in total. The van der Waals surface area contributed by atoms with Gasteiger partial charge >= 0.3 is 0 Å². The molecule has 4 heteroatoms. The number of hydrogen-bond acceptors (Lipinski definition) is 2. The zero-order valence-electron chi connectivity index (χ0n) is 9.83. The maximum atomic E-state index is 5.11. The second kappa shape index (κ2) is 3.26. The van der Waals surface area contributed by atoms with Crippen molar-refractivity contribution in [1.29, 1.82) is 0 Å². The summed E-state index contributed by atoms with van der Waals surface area (Å²) < 4.78 is 6.89. The fraction of sp³-hybridized carbons (Fsp3) is 0.800. The largest absolute Gasteiger partial charge is 0.487 e. The van der Waals surface area contributed by atoms with Crippen LogP contribution >= 0.6 is 0 Å². The Morgan fingerprint density at radius 2 is 1.79 bits per heavy atom. The molecule has 0 spiro atoms. The molecule has 0 aliphatic heterocycles. The smallest absolute Gasteiger partial charge is 0.268 e. The third-order valence-electron chi connectivity index (χ3n) is 1.59. The zero-order valence-corrected chi connectivity index (χ0v) is 9.83. The number of aromatic nitrogens is 2. The monoisotopic (exact) mass is 197 g/mol. The van der Waals surface area contributed by atoms with Crippen molar-refractivity contribution in [1.82, 2.24) is 5.27 Å². The van der Waals surface area contributed by atoms with E-state index in [0.29, 0.717) is 5.55 Å². The van der Waals surface area contributed by atoms with Gasteiger partial charge in [0, 0.05) is 0 Å². The molecule has 0 atom stereocenters. The number of rotatable bonds is 0. The van der Waals surface area contributed by atoms with Crippen LogP contribution in [-0.4, -0.2) is 5.54 Å². The molecule has 1 rings (SSSR count). The predicted octanol–water partition coefficient (Wildman–Crippen LogP) is 0.978. The van der Waals surface area contributed by atoms with Crippen molar-refractivity contribution in [3.63, 3.8) is 0 Å². The molecule has 0 unspecified atom stereocenters. The molecular weight excluding hydrogens is 178 g/mol. The highest BCUT2D eigenvalue weighted by Gasteiger charge is 2.18. The minimum absolute atomic E-state index is 0.0604. The summed E-state index contributed by atoms with van der Waals surface area (Å²) >= 11 is 0. The normalized spacial score (nSPS) is 14.9. The van der Waals surface area contributed by atoms with Crippen LogP contribution in [0.25, 0.3) is 0 Å². The summed E-state index contributed by atoms with van der Waals surface area (Å²) in [6, 6.07) is 0. The molecule has 1 aromatic heterocycles. The Labute approximate surface area is 84.6 Å². The molecule has 0 radical (unpaired) electrons. The van der Waals surface area contributed by atoms with Crippen LogP contribution in [0.1, 0.15) is 41.5 Å². The van der Waals surface area contributed by atoms with Gasteiger partial charge in [0.15, 0.2) is 5.54 Å². The van der Waals surface area contributed by atoms with E-state index in [2.05, 4.69) is 31.0 Å². The molecule has 0 aromatic carbocycles. The zero-order chi connectivity index (χ0) is 11.0. The van der Waals surface area contributed by atoms with Gasteiger partial charge in [-0.05, 0) is 41.5 Å². The Hall–Kier alpha value is -1.06. The van der Waals surface area contributed by atoms with E-state index in [1.807, 2.05) is 27.0 Å². The van der Waals surface area contributed by atoms with E-state index in [0.717, 1.165) is 0 Å². The third-order valence-corrected chi connectivity index (χ3v) is 1.59. The molecule has 1 heterocycles. The van der Waals surface area contributed by atoms with Crippen molar-refractivity contribution >= 4 is 0 Å². The first-order valence-corrected chi connectivity index (χ1v) is 4.80. The molecule has 0 bridgehead atoms. The highest BCUT2D eigenvalue weighted by molar-refractivity contribution is 4.71. The number of nitrogens with zero attached hydrogens (tertiary/aromatic N) is 3. The average molecular weight is 197 g/mol. The molecule has 0 aliphatic carbocycles. The summed E-state index contributed by atoms with van der Waals surface area (Å²) in [5.74, 6) is 0. The summed E-state index contributed by atoms with van der Waals surface area (Å²) in [5.41, 5.74) is 0.386. The first kappa shape index (κ1) is 11.0. The average Bonchev–Trinajstić information content (AvgIpc) is 2.29. The first-order chi connectivity index (χ1) is 6.18. The Balaban J connectivity index is 3.06. The van der Waals surface area contributed by atoms with Gasteiger partial charge in [0.25, 0.3) is 5.55 Å². The highest BCUT2D eigenvalue weighted by Crippen LogP contribution is 2.04. The topological polar surface area (TPSA) is 43.5 Å². The van der Waals surface area contributed by atoms with Crippen molar-refractivity contribution < 1.29 is 9.20 Å². The summed E-state index contributed by atoms with van der Waals surface area (Å²) in [7, 11) is 0. The summed E-state index contributed by atoms with van der Waals surface area (Å²) in [4.78, 5) is 4.38. The minimum atomic E-state index is -0.130. The lowest BCUT2D eigenvalue weighted by molar-refractivity contribution is -0.818. The Kier molecular flexibility index (Phi) is 2.56. The van der Waals surface area contributed by atoms with Gasteiger partial charge in [-0.25, -0.2) is 9.67 Å². The lowest BCUT2D eigenvalue weighted by Gasteiger charge is -2.13. The lowest BCUT2D eigenvalue weighted by Crippen LogP contribution is -2.52. The second-order valence-electron chi connectivity index (χ2n) is 5.44. The fourth-order valence-corrected chi connectivity index (χ4v) is 0.934. The second-order valence-corrected chi connectivity index (χ2v) is 5.44. The van der Waals surface area contributed by atoms with Crippen molar-refractivity contribution in [3.05, 3.63) is 11.8 Å². The van der Waals surface area contributed by atoms with Crippen LogP contribution in [0.5, 0.6) is 0 Å². The van der Waals surface area contributed by atoms with E-state index >= 15 is 0 Å². The van der Waals surface area contributed by atoms with Crippen LogP contribution in [0.3, 0.4) is 0 Å². The number of hydrogen-bond donors (Lipinski definition) is 0. The van der Waals surface area contributed by atoms with Gasteiger partial charge in [-0.15, -0.1) is 0 Å². The molecule has 14 heavy (non-hydrogen) atoms. The van der Waals surface area contributed by atoms with Crippen molar-refractivity contribution in [2.45, 2.75) is 52.6 Å². The van der Waals surface area contributed by atoms with Crippen LogP contribution in [0.15, 0.2) is 15.7 Å². The third kappa shape index (κ3) is 3.01. The van der Waals surface area contributed by atoms with Crippen molar-refractivity contribution in [2.24, 2.45) is 4.99 Å². The molecule has 0 aliphatic rings. The molecular formula is C10H19N3O. The minimum Gasteiger partial charge on any atom is -0.487 e. The van der Waals surface area contributed by atoms with Crippen molar-refractivity contribution in [2.75, 3.05) is 0 Å². The van der Waals surface area contributed by atoms with Crippen molar-refractivity contribution in [3.8, 4) is 0 Å². The van der Waals surface area contributed by atoms with E-state index in [-0.39, 0.29) is 11.1 Å². The van der Waals surface area contributed by atoms with E-state index < -0.39 is 0 Å². The van der Waals surface area contributed by atoms with Gasteiger partial charge in [-0.1, -0.05) is 0 Å². The predicted molar refractivity (Wildman–Crippen MR) is 52.5 cm³/mol. The first-order valence-electron chi connectivity index (χ1n) is 4.80. The quantitative estimate of drug-likeness (QED) is 0.582. The summed E-state index contributed by atoms with van der Waals surface area (Å²) in [6.45, 7) is 12.3. The molecule has 4 nitrogen and oxygen atoms in total. The maximum absolute atomic E-state index is 5.11. The standard InChI is InChI=1S/C10H19N3O/c1-9(2,3)11-8-7-13(12-14-8)10(4,5)6/h7H,1-6H3. The Morgan fingerprint density at radius 1 is 1.21 bits per heavy atom. The van der Waals surface area contributed by atoms with E-state index in [4.69, 9.17) is 4.52 Å². The highest BCUT2D eigenvalue weighted by atomic mass is 16.5. The fourth-order valence-electron chi connectivity index (χ4n) is 0.934. The van der Waals surface area contributed by atoms with Crippen LogP contribution in [-0.2, 0) is 5.54 Å². The van der Waals surface area contributed by atoms with E-state index in [1.165, 1.54) is 0 Å². The van der Waals surface area contributed by atoms with Gasteiger partial charge in [0.1, 0.15) is 0 Å². The Bertz CT molecular complexity index is 360. The van der Waals surface area contributed by atoms with Gasteiger partial charge in [0.05, 0.1) is 5.54 Å². The molecule has 0 saturated carbocycles. The molecule has 0 saturated heterocycles.